The fraction of sp³-hybridized carbons (Fsp3) is 0.875. The van der Waals surface area contributed by atoms with Crippen molar-refractivity contribution in [1.29, 1.82) is 0 Å². The van der Waals surface area contributed by atoms with Gasteiger partial charge in [-0.1, -0.05) is 12.8 Å². The summed E-state index contributed by atoms with van der Waals surface area (Å²) in [4.78, 5) is 24.0. The van der Waals surface area contributed by atoms with Crippen molar-refractivity contribution >= 4 is 22.1 Å². The van der Waals surface area contributed by atoms with Gasteiger partial charge in [0.05, 0.1) is 17.6 Å². The summed E-state index contributed by atoms with van der Waals surface area (Å²) < 4.78 is 76.4. The molecule has 1 aliphatic carbocycles. The van der Waals surface area contributed by atoms with Gasteiger partial charge in [-0.25, -0.2) is 4.79 Å². The number of hydrogen-bond donors (Lipinski definition) is 3. The minimum atomic E-state index is -6.03. The summed E-state index contributed by atoms with van der Waals surface area (Å²) in [5.41, 5.74) is -1.16. The molecule has 3 saturated heterocycles. The molecule has 3 heterocycles. The molecular weight excluding hydrogens is 438 g/mol. The van der Waals surface area contributed by atoms with Gasteiger partial charge in [-0.15, -0.1) is 0 Å². The molecule has 2 bridgehead atoms. The van der Waals surface area contributed by atoms with E-state index in [1.54, 1.807) is 0 Å². The maximum atomic E-state index is 13.3. The number of carbonyl (C=O) groups is 2. The van der Waals surface area contributed by atoms with Gasteiger partial charge in [-0.05, 0) is 12.8 Å². The van der Waals surface area contributed by atoms with E-state index < -0.39 is 82.1 Å². The first-order valence-corrected chi connectivity index (χ1v) is 10.7. The summed E-state index contributed by atoms with van der Waals surface area (Å²) in [7, 11) is -6.03. The Hall–Kier alpha value is -1.45. The van der Waals surface area contributed by atoms with E-state index in [0.717, 1.165) is 12.8 Å². The van der Waals surface area contributed by atoms with E-state index in [1.165, 1.54) is 0 Å². The zero-order valence-electron chi connectivity index (χ0n) is 15.3. The molecule has 4 aliphatic rings. The Kier molecular flexibility index (Phi) is 5.10. The number of aliphatic hydroxyl groups excluding tert-OH is 1. The van der Waals surface area contributed by atoms with Crippen molar-refractivity contribution in [1.82, 2.24) is 0 Å². The molecule has 4 fully saturated rings. The number of hydrogen-bond acceptors (Lipinski definition) is 10. The molecule has 0 amide bonds. The monoisotopic (exact) mass is 458 g/mol. The van der Waals surface area contributed by atoms with Crippen LogP contribution in [0, 0.1) is 11.8 Å². The fourth-order valence-corrected chi connectivity index (χ4v) is 5.30. The summed E-state index contributed by atoms with van der Waals surface area (Å²) in [5, 5.41) is 15.0. The fourth-order valence-electron chi connectivity index (χ4n) is 4.99. The van der Waals surface area contributed by atoms with Gasteiger partial charge in [0.1, 0.15) is 18.8 Å². The Balaban J connectivity index is 1.42. The molecule has 11 nitrogen and oxygen atoms in total. The molecular formula is C16H20F2O11S. The lowest BCUT2D eigenvalue weighted by Gasteiger charge is -2.38. The molecule has 30 heavy (non-hydrogen) atoms. The highest BCUT2D eigenvalue weighted by atomic mass is 32.2. The van der Waals surface area contributed by atoms with E-state index >= 15 is 0 Å². The van der Waals surface area contributed by atoms with Crippen molar-refractivity contribution in [3.05, 3.63) is 0 Å². The minimum Gasteiger partial charge on any atom is -0.456 e. The standard InChI is InChI=1S/C16H20F2O11S/c17-16(18,30(23,24)25)14(21)27-6(19)5-26-11-10-8(15(22)3-1-2-4-15)7-9(28-10)12(11)29-13(7)20/h7-12,14,21-22H,1-5H2,(H,23,24,25). The van der Waals surface area contributed by atoms with Crippen molar-refractivity contribution in [2.24, 2.45) is 11.8 Å². The van der Waals surface area contributed by atoms with Gasteiger partial charge >= 0.3 is 27.3 Å². The minimum absolute atomic E-state index is 0.463. The maximum Gasteiger partial charge on any atom is 0.430 e. The molecule has 7 atom stereocenters. The molecule has 14 heteroatoms. The van der Waals surface area contributed by atoms with Crippen LogP contribution in [0.15, 0.2) is 0 Å². The zero-order chi connectivity index (χ0) is 22.1. The van der Waals surface area contributed by atoms with Crippen LogP contribution in [-0.2, 0) is 38.7 Å². The number of ether oxygens (including phenoxy) is 4. The second kappa shape index (κ2) is 7.03. The Morgan fingerprint density at radius 2 is 1.90 bits per heavy atom. The van der Waals surface area contributed by atoms with Crippen LogP contribution in [-0.4, -0.2) is 83.3 Å². The Labute approximate surface area is 169 Å². The SMILES string of the molecule is O=C(COC1C2OC(=O)C3C2OC1C3C1(O)CCCC1)OC(O)C(F)(F)S(=O)(=O)O. The number of esters is 2. The van der Waals surface area contributed by atoms with E-state index in [4.69, 9.17) is 23.9 Å². The Morgan fingerprint density at radius 1 is 1.27 bits per heavy atom. The highest BCUT2D eigenvalue weighted by Crippen LogP contribution is 2.57. The number of aliphatic hydroxyl groups is 2. The van der Waals surface area contributed by atoms with Gasteiger partial charge in [0.15, 0.2) is 6.10 Å². The van der Waals surface area contributed by atoms with Gasteiger partial charge < -0.3 is 29.2 Å². The summed E-state index contributed by atoms with van der Waals surface area (Å²) in [5.74, 6) is -3.38. The first-order valence-electron chi connectivity index (χ1n) is 9.29. The topological polar surface area (TPSA) is 166 Å². The van der Waals surface area contributed by atoms with Crippen LogP contribution in [0.4, 0.5) is 8.78 Å². The van der Waals surface area contributed by atoms with Gasteiger partial charge in [0.2, 0.25) is 0 Å². The summed E-state index contributed by atoms with van der Waals surface area (Å²) in [6, 6.07) is 0. The van der Waals surface area contributed by atoms with Crippen LogP contribution in [0.1, 0.15) is 25.7 Å². The lowest BCUT2D eigenvalue weighted by Crippen LogP contribution is -2.53. The summed E-state index contributed by atoms with van der Waals surface area (Å²) in [6.45, 7) is -1.00. The number of rotatable bonds is 7. The van der Waals surface area contributed by atoms with Gasteiger partial charge in [0, 0.05) is 5.92 Å². The maximum absolute atomic E-state index is 13.3. The molecule has 0 aromatic carbocycles. The highest BCUT2D eigenvalue weighted by molar-refractivity contribution is 7.86. The second-order valence-corrected chi connectivity index (χ2v) is 9.48. The van der Waals surface area contributed by atoms with E-state index in [1.807, 2.05) is 0 Å². The Bertz CT molecular complexity index is 840. The van der Waals surface area contributed by atoms with Crippen LogP contribution in [0.3, 0.4) is 0 Å². The summed E-state index contributed by atoms with van der Waals surface area (Å²) in [6.07, 6.45) is -4.29. The van der Waals surface area contributed by atoms with Crippen LogP contribution < -0.4 is 0 Å². The third-order valence-corrected chi connectivity index (χ3v) is 7.15. The van der Waals surface area contributed by atoms with E-state index in [2.05, 4.69) is 4.74 Å². The number of alkyl halides is 2. The first-order chi connectivity index (χ1) is 13.9. The predicted molar refractivity (Wildman–Crippen MR) is 87.3 cm³/mol. The van der Waals surface area contributed by atoms with Crippen LogP contribution in [0.2, 0.25) is 0 Å². The Morgan fingerprint density at radius 3 is 2.50 bits per heavy atom. The first kappa shape index (κ1) is 21.8. The molecule has 1 saturated carbocycles. The van der Waals surface area contributed by atoms with Crippen LogP contribution in [0.25, 0.3) is 0 Å². The molecule has 4 rings (SSSR count). The average Bonchev–Trinajstić information content (AvgIpc) is 3.35. The predicted octanol–water partition coefficient (Wildman–Crippen LogP) is -1.04. The molecule has 3 aliphatic heterocycles. The van der Waals surface area contributed by atoms with E-state index in [-0.39, 0.29) is 0 Å². The van der Waals surface area contributed by atoms with Crippen LogP contribution >= 0.6 is 0 Å². The number of carbonyl (C=O) groups excluding carboxylic acids is 2. The van der Waals surface area contributed by atoms with Gasteiger partial charge in [-0.2, -0.15) is 17.2 Å². The van der Waals surface area contributed by atoms with Gasteiger partial charge in [-0.3, -0.25) is 9.35 Å². The van der Waals surface area contributed by atoms with Crippen molar-refractivity contribution in [3.8, 4) is 0 Å². The highest BCUT2D eigenvalue weighted by Gasteiger charge is 2.72. The molecule has 0 spiro atoms. The van der Waals surface area contributed by atoms with Crippen molar-refractivity contribution < 1.29 is 60.5 Å². The molecule has 0 radical (unpaired) electrons. The zero-order valence-corrected chi connectivity index (χ0v) is 16.2. The molecule has 7 unspecified atom stereocenters. The summed E-state index contributed by atoms with van der Waals surface area (Å²) >= 11 is 0. The largest absolute Gasteiger partial charge is 0.456 e. The molecule has 0 aromatic rings. The second-order valence-electron chi connectivity index (χ2n) is 7.98. The number of halogens is 2. The van der Waals surface area contributed by atoms with Gasteiger partial charge in [0.25, 0.3) is 6.29 Å². The van der Waals surface area contributed by atoms with E-state index in [9.17, 15) is 31.9 Å². The number of fused-ring (bicyclic) bond motifs is 1. The quantitative estimate of drug-likeness (QED) is 0.242. The lowest BCUT2D eigenvalue weighted by molar-refractivity contribution is -0.211. The van der Waals surface area contributed by atoms with Crippen molar-refractivity contribution in [2.75, 3.05) is 6.61 Å². The smallest absolute Gasteiger partial charge is 0.430 e. The molecule has 0 aromatic heterocycles. The lowest BCUT2D eigenvalue weighted by atomic mass is 9.69. The third-order valence-electron chi connectivity index (χ3n) is 6.26. The molecule has 3 N–H and O–H groups in total. The molecule has 170 valence electrons. The third kappa shape index (κ3) is 3.20. The van der Waals surface area contributed by atoms with Crippen molar-refractivity contribution in [3.63, 3.8) is 0 Å². The van der Waals surface area contributed by atoms with Crippen LogP contribution in [0.5, 0.6) is 0 Å². The average molecular weight is 458 g/mol. The normalized spacial score (nSPS) is 38.0. The van der Waals surface area contributed by atoms with E-state index in [0.29, 0.717) is 12.8 Å². The van der Waals surface area contributed by atoms with Crippen molar-refractivity contribution in [2.45, 2.75) is 67.2 Å².